The van der Waals surface area contributed by atoms with Gasteiger partial charge in [-0.25, -0.2) is 4.79 Å². The van der Waals surface area contributed by atoms with Crippen LogP contribution >= 0.6 is 0 Å². The van der Waals surface area contributed by atoms with Crippen LogP contribution in [0.1, 0.15) is 37.7 Å². The van der Waals surface area contributed by atoms with Gasteiger partial charge < -0.3 is 32.9 Å². The fourth-order valence-electron chi connectivity index (χ4n) is 2.79. The number of primary amides is 1. The molecule has 3 unspecified atom stereocenters. The lowest BCUT2D eigenvalue weighted by Crippen LogP contribution is -2.54. The first kappa shape index (κ1) is 25.1. The van der Waals surface area contributed by atoms with Crippen LogP contribution in [0.15, 0.2) is 30.3 Å². The summed E-state index contributed by atoms with van der Waals surface area (Å²) in [6, 6.07) is 5.75. The molecule has 0 saturated heterocycles. The van der Waals surface area contributed by atoms with Gasteiger partial charge in [0.1, 0.15) is 12.1 Å². The molecule has 1 aromatic rings. The van der Waals surface area contributed by atoms with E-state index in [4.69, 9.17) is 17.2 Å². The first-order valence-corrected chi connectivity index (χ1v) is 9.86. The van der Waals surface area contributed by atoms with E-state index < -0.39 is 41.8 Å². The topological polar surface area (TPSA) is 191 Å². The summed E-state index contributed by atoms with van der Waals surface area (Å²) in [6.45, 7) is 0.423. The van der Waals surface area contributed by atoms with Crippen molar-refractivity contribution in [2.75, 3.05) is 6.54 Å². The van der Waals surface area contributed by atoms with E-state index in [2.05, 4.69) is 10.6 Å². The van der Waals surface area contributed by atoms with E-state index in [1.807, 2.05) is 6.07 Å². The van der Waals surface area contributed by atoms with E-state index in [1.165, 1.54) is 0 Å². The molecule has 30 heavy (non-hydrogen) atoms. The molecular weight excluding hydrogens is 390 g/mol. The number of hydrogen-bond donors (Lipinski definition) is 6. The minimum Gasteiger partial charge on any atom is -0.480 e. The molecule has 0 aliphatic rings. The average molecular weight is 421 g/mol. The van der Waals surface area contributed by atoms with Crippen molar-refractivity contribution in [3.05, 3.63) is 35.9 Å². The first-order valence-electron chi connectivity index (χ1n) is 9.86. The van der Waals surface area contributed by atoms with Crippen LogP contribution in [0.25, 0.3) is 0 Å². The molecule has 3 atom stereocenters. The summed E-state index contributed by atoms with van der Waals surface area (Å²) in [4.78, 5) is 47.5. The zero-order valence-corrected chi connectivity index (χ0v) is 16.9. The highest BCUT2D eigenvalue weighted by molar-refractivity contribution is 5.92. The SMILES string of the molecule is NCCCCC(NC(=O)C(N)CCC(N)=O)C(=O)NC(Cc1ccccc1)C(=O)O. The van der Waals surface area contributed by atoms with E-state index in [-0.39, 0.29) is 25.7 Å². The van der Waals surface area contributed by atoms with Crippen LogP contribution in [0.2, 0.25) is 0 Å². The molecule has 3 amide bonds. The highest BCUT2D eigenvalue weighted by atomic mass is 16.4. The third-order valence-electron chi connectivity index (χ3n) is 4.52. The third-order valence-corrected chi connectivity index (χ3v) is 4.52. The van der Waals surface area contributed by atoms with Crippen LogP contribution in [-0.2, 0) is 25.6 Å². The highest BCUT2D eigenvalue weighted by Gasteiger charge is 2.28. The maximum Gasteiger partial charge on any atom is 0.326 e. The fourth-order valence-corrected chi connectivity index (χ4v) is 2.79. The van der Waals surface area contributed by atoms with Gasteiger partial charge in [-0.2, -0.15) is 0 Å². The standard InChI is InChI=1S/C20H31N5O5/c21-11-5-4-8-15(24-18(27)14(22)9-10-17(23)26)19(28)25-16(20(29)30)12-13-6-2-1-3-7-13/h1-3,6-7,14-16H,4-5,8-12,21-22H2,(H2,23,26)(H,24,27)(H,25,28)(H,29,30). The van der Waals surface area contributed by atoms with E-state index in [1.54, 1.807) is 24.3 Å². The molecule has 0 heterocycles. The number of benzene rings is 1. The number of carboxylic acid groups (broad SMARTS) is 1. The zero-order valence-electron chi connectivity index (χ0n) is 16.9. The highest BCUT2D eigenvalue weighted by Crippen LogP contribution is 2.07. The van der Waals surface area contributed by atoms with Crippen molar-refractivity contribution in [2.24, 2.45) is 17.2 Å². The second kappa shape index (κ2) is 13.3. The van der Waals surface area contributed by atoms with Gasteiger partial charge in [0.15, 0.2) is 0 Å². The summed E-state index contributed by atoms with van der Waals surface area (Å²) in [5.41, 5.74) is 17.1. The fraction of sp³-hybridized carbons (Fsp3) is 0.500. The molecule has 10 heteroatoms. The minimum absolute atomic E-state index is 0.0457. The molecule has 0 aliphatic carbocycles. The Morgan fingerprint density at radius 2 is 1.57 bits per heavy atom. The van der Waals surface area contributed by atoms with Gasteiger partial charge in [0.25, 0.3) is 0 Å². The van der Waals surface area contributed by atoms with Crippen LogP contribution in [-0.4, -0.2) is 53.5 Å². The van der Waals surface area contributed by atoms with E-state index in [0.29, 0.717) is 19.4 Å². The van der Waals surface area contributed by atoms with Crippen LogP contribution in [0, 0.1) is 0 Å². The number of rotatable bonds is 14. The van der Waals surface area contributed by atoms with E-state index in [9.17, 15) is 24.3 Å². The summed E-state index contributed by atoms with van der Waals surface area (Å²) < 4.78 is 0. The van der Waals surface area contributed by atoms with Crippen molar-refractivity contribution in [3.63, 3.8) is 0 Å². The zero-order chi connectivity index (χ0) is 22.5. The second-order valence-electron chi connectivity index (χ2n) is 7.05. The molecule has 0 spiro atoms. The van der Waals surface area contributed by atoms with Gasteiger partial charge in [0.05, 0.1) is 6.04 Å². The predicted molar refractivity (Wildman–Crippen MR) is 111 cm³/mol. The molecule has 0 fully saturated rings. The molecule has 0 bridgehead atoms. The number of aliphatic carboxylic acids is 1. The number of unbranched alkanes of at least 4 members (excludes halogenated alkanes) is 1. The van der Waals surface area contributed by atoms with E-state index >= 15 is 0 Å². The van der Waals surface area contributed by atoms with Gasteiger partial charge in [0.2, 0.25) is 17.7 Å². The largest absolute Gasteiger partial charge is 0.480 e. The van der Waals surface area contributed by atoms with Gasteiger partial charge in [-0.15, -0.1) is 0 Å². The Morgan fingerprint density at radius 1 is 0.933 bits per heavy atom. The summed E-state index contributed by atoms with van der Waals surface area (Å²) >= 11 is 0. The van der Waals surface area contributed by atoms with Crippen molar-refractivity contribution in [2.45, 2.75) is 56.7 Å². The van der Waals surface area contributed by atoms with E-state index in [0.717, 1.165) is 5.56 Å². The van der Waals surface area contributed by atoms with Crippen molar-refractivity contribution < 1.29 is 24.3 Å². The van der Waals surface area contributed by atoms with Crippen molar-refractivity contribution in [3.8, 4) is 0 Å². The monoisotopic (exact) mass is 421 g/mol. The molecule has 166 valence electrons. The molecule has 1 aromatic carbocycles. The third kappa shape index (κ3) is 9.48. The Bertz CT molecular complexity index is 713. The van der Waals surface area contributed by atoms with Gasteiger partial charge >= 0.3 is 5.97 Å². The van der Waals surface area contributed by atoms with Gasteiger partial charge in [-0.3, -0.25) is 14.4 Å². The molecular formula is C20H31N5O5. The number of carbonyl (C=O) groups excluding carboxylic acids is 3. The molecule has 1 rings (SSSR count). The number of amides is 3. The number of hydrogen-bond acceptors (Lipinski definition) is 6. The lowest BCUT2D eigenvalue weighted by Gasteiger charge is -2.23. The number of carboxylic acids is 1. The lowest BCUT2D eigenvalue weighted by molar-refractivity contribution is -0.142. The van der Waals surface area contributed by atoms with Crippen molar-refractivity contribution >= 4 is 23.7 Å². The smallest absolute Gasteiger partial charge is 0.326 e. The summed E-state index contributed by atoms with van der Waals surface area (Å²) in [5, 5.41) is 14.5. The Kier molecular flexibility index (Phi) is 11.1. The van der Waals surface area contributed by atoms with Gasteiger partial charge in [-0.1, -0.05) is 30.3 Å². The average Bonchev–Trinajstić information content (AvgIpc) is 2.71. The summed E-state index contributed by atoms with van der Waals surface area (Å²) in [6.07, 6.45) is 1.56. The minimum atomic E-state index is -1.18. The first-order chi connectivity index (χ1) is 14.2. The molecule has 0 aliphatic heterocycles. The maximum absolute atomic E-state index is 12.7. The van der Waals surface area contributed by atoms with Crippen molar-refractivity contribution in [1.29, 1.82) is 0 Å². The second-order valence-corrected chi connectivity index (χ2v) is 7.05. The number of carbonyl (C=O) groups is 4. The Hall–Kier alpha value is -2.98. The quantitative estimate of drug-likeness (QED) is 0.208. The molecule has 0 radical (unpaired) electrons. The Morgan fingerprint density at radius 3 is 2.13 bits per heavy atom. The van der Waals surface area contributed by atoms with Crippen LogP contribution in [0.5, 0.6) is 0 Å². The number of nitrogens with two attached hydrogens (primary N) is 3. The molecule has 10 nitrogen and oxygen atoms in total. The summed E-state index contributed by atoms with van der Waals surface area (Å²) in [5.74, 6) is -3.00. The predicted octanol–water partition coefficient (Wildman–Crippen LogP) is -0.995. The maximum atomic E-state index is 12.7. The van der Waals surface area contributed by atoms with Crippen LogP contribution in [0.4, 0.5) is 0 Å². The molecule has 0 saturated carbocycles. The van der Waals surface area contributed by atoms with Gasteiger partial charge in [0, 0.05) is 12.8 Å². The Labute approximate surface area is 175 Å². The van der Waals surface area contributed by atoms with Crippen LogP contribution < -0.4 is 27.8 Å². The lowest BCUT2D eigenvalue weighted by atomic mass is 10.0. The normalized spacial score (nSPS) is 13.7. The number of nitrogens with one attached hydrogen (secondary N) is 2. The van der Waals surface area contributed by atoms with Gasteiger partial charge in [-0.05, 0) is 37.8 Å². The van der Waals surface area contributed by atoms with Crippen LogP contribution in [0.3, 0.4) is 0 Å². The molecule has 0 aromatic heterocycles. The molecule has 9 N–H and O–H groups in total. The summed E-state index contributed by atoms with van der Waals surface area (Å²) in [7, 11) is 0. The Balaban J connectivity index is 2.80. The van der Waals surface area contributed by atoms with Crippen molar-refractivity contribution in [1.82, 2.24) is 10.6 Å².